The molecule has 0 bridgehead atoms. The third-order valence-electron chi connectivity index (χ3n) is 2.57. The van der Waals surface area contributed by atoms with E-state index in [-0.39, 0.29) is 6.10 Å². The van der Waals surface area contributed by atoms with Crippen molar-refractivity contribution in [2.45, 2.75) is 52.2 Å². The Morgan fingerprint density at radius 1 is 1.54 bits per heavy atom. The SMILES string of the molecule is C[C@@H]1C=C(O[C@H](C)[C@@H](C)O)CCC1. The Morgan fingerprint density at radius 2 is 2.23 bits per heavy atom. The van der Waals surface area contributed by atoms with Gasteiger partial charge in [-0.1, -0.05) is 6.92 Å². The quantitative estimate of drug-likeness (QED) is 0.730. The number of aliphatic hydroxyl groups excluding tert-OH is 1. The second-order valence-electron chi connectivity index (χ2n) is 4.07. The van der Waals surface area contributed by atoms with Crippen LogP contribution in [-0.2, 0) is 4.74 Å². The molecule has 0 radical (unpaired) electrons. The van der Waals surface area contributed by atoms with Crippen LogP contribution in [-0.4, -0.2) is 17.3 Å². The van der Waals surface area contributed by atoms with Crippen molar-refractivity contribution in [1.29, 1.82) is 0 Å². The van der Waals surface area contributed by atoms with Gasteiger partial charge in [0, 0.05) is 6.42 Å². The molecule has 0 saturated heterocycles. The number of hydrogen-bond acceptors (Lipinski definition) is 2. The Kier molecular flexibility index (Phi) is 3.79. The first-order valence-electron chi connectivity index (χ1n) is 5.15. The van der Waals surface area contributed by atoms with E-state index in [1.807, 2.05) is 6.92 Å². The zero-order valence-corrected chi connectivity index (χ0v) is 8.79. The maximum atomic E-state index is 9.27. The van der Waals surface area contributed by atoms with E-state index in [1.165, 1.54) is 12.8 Å². The van der Waals surface area contributed by atoms with E-state index in [0.29, 0.717) is 5.92 Å². The van der Waals surface area contributed by atoms with Crippen molar-refractivity contribution < 1.29 is 9.84 Å². The average molecular weight is 184 g/mol. The van der Waals surface area contributed by atoms with Crippen molar-refractivity contribution in [3.63, 3.8) is 0 Å². The summed E-state index contributed by atoms with van der Waals surface area (Å²) in [5.74, 6) is 1.69. The molecule has 0 spiro atoms. The monoisotopic (exact) mass is 184 g/mol. The Hall–Kier alpha value is -0.500. The van der Waals surface area contributed by atoms with Crippen LogP contribution in [0.4, 0.5) is 0 Å². The van der Waals surface area contributed by atoms with Crippen LogP contribution in [0.1, 0.15) is 40.0 Å². The van der Waals surface area contributed by atoms with Gasteiger partial charge in [0.25, 0.3) is 0 Å². The fourth-order valence-corrected chi connectivity index (χ4v) is 1.52. The maximum Gasteiger partial charge on any atom is 0.121 e. The molecule has 13 heavy (non-hydrogen) atoms. The molecule has 3 atom stereocenters. The average Bonchev–Trinajstić information content (AvgIpc) is 2.04. The lowest BCUT2D eigenvalue weighted by Crippen LogP contribution is -2.23. The maximum absolute atomic E-state index is 9.27. The normalized spacial score (nSPS) is 27.7. The summed E-state index contributed by atoms with van der Waals surface area (Å²) >= 11 is 0. The summed E-state index contributed by atoms with van der Waals surface area (Å²) in [6, 6.07) is 0. The molecule has 1 rings (SSSR count). The molecule has 76 valence electrons. The summed E-state index contributed by atoms with van der Waals surface area (Å²) in [6.45, 7) is 5.87. The number of ether oxygens (including phenoxy) is 1. The molecule has 0 aromatic carbocycles. The number of hydrogen-bond donors (Lipinski definition) is 1. The van der Waals surface area contributed by atoms with Gasteiger partial charge in [0.1, 0.15) is 6.10 Å². The fourth-order valence-electron chi connectivity index (χ4n) is 1.52. The van der Waals surface area contributed by atoms with Gasteiger partial charge >= 0.3 is 0 Å². The van der Waals surface area contributed by atoms with Gasteiger partial charge in [-0.2, -0.15) is 0 Å². The van der Waals surface area contributed by atoms with E-state index in [1.54, 1.807) is 6.92 Å². The lowest BCUT2D eigenvalue weighted by molar-refractivity contribution is 0.0122. The standard InChI is InChI=1S/C11H20O2/c1-8-5-4-6-11(7-8)13-10(3)9(2)12/h7-10,12H,4-6H2,1-3H3/t8-,9+,10+/m0/s1. The molecule has 0 fully saturated rings. The Morgan fingerprint density at radius 3 is 2.77 bits per heavy atom. The van der Waals surface area contributed by atoms with Crippen molar-refractivity contribution in [3.05, 3.63) is 11.8 Å². The van der Waals surface area contributed by atoms with Gasteiger partial charge in [0.05, 0.1) is 11.9 Å². The van der Waals surface area contributed by atoms with Gasteiger partial charge in [-0.3, -0.25) is 0 Å². The molecule has 2 nitrogen and oxygen atoms in total. The molecule has 0 amide bonds. The lowest BCUT2D eigenvalue weighted by atomic mass is 9.96. The van der Waals surface area contributed by atoms with Gasteiger partial charge in [-0.25, -0.2) is 0 Å². The van der Waals surface area contributed by atoms with Crippen LogP contribution in [0.15, 0.2) is 11.8 Å². The van der Waals surface area contributed by atoms with E-state index in [4.69, 9.17) is 4.74 Å². The third kappa shape index (κ3) is 3.39. The van der Waals surface area contributed by atoms with Crippen LogP contribution >= 0.6 is 0 Å². The predicted octanol–water partition coefficient (Wildman–Crippen LogP) is 2.48. The molecule has 0 aromatic heterocycles. The highest BCUT2D eigenvalue weighted by Crippen LogP contribution is 2.24. The highest BCUT2D eigenvalue weighted by Gasteiger charge is 2.15. The minimum atomic E-state index is -0.391. The van der Waals surface area contributed by atoms with Crippen molar-refractivity contribution in [2.75, 3.05) is 0 Å². The summed E-state index contributed by atoms with van der Waals surface area (Å²) in [5, 5.41) is 9.27. The van der Waals surface area contributed by atoms with Gasteiger partial charge in [0.2, 0.25) is 0 Å². The van der Waals surface area contributed by atoms with Crippen LogP contribution in [0.2, 0.25) is 0 Å². The number of allylic oxidation sites excluding steroid dienone is 2. The minimum Gasteiger partial charge on any atom is -0.493 e. The van der Waals surface area contributed by atoms with Crippen molar-refractivity contribution in [1.82, 2.24) is 0 Å². The summed E-state index contributed by atoms with van der Waals surface area (Å²) < 4.78 is 5.63. The van der Waals surface area contributed by atoms with Crippen LogP contribution < -0.4 is 0 Å². The topological polar surface area (TPSA) is 29.5 Å². The molecular formula is C11H20O2. The van der Waals surface area contributed by atoms with Crippen molar-refractivity contribution in [2.24, 2.45) is 5.92 Å². The fraction of sp³-hybridized carbons (Fsp3) is 0.818. The third-order valence-corrected chi connectivity index (χ3v) is 2.57. The molecule has 1 N–H and O–H groups in total. The van der Waals surface area contributed by atoms with E-state index < -0.39 is 6.10 Å². The van der Waals surface area contributed by atoms with Crippen LogP contribution in [0.3, 0.4) is 0 Å². The van der Waals surface area contributed by atoms with E-state index in [2.05, 4.69) is 13.0 Å². The first kappa shape index (κ1) is 10.6. The number of rotatable bonds is 3. The molecule has 0 unspecified atom stereocenters. The molecule has 0 aliphatic heterocycles. The molecule has 0 heterocycles. The van der Waals surface area contributed by atoms with E-state index in [9.17, 15) is 5.11 Å². The van der Waals surface area contributed by atoms with E-state index >= 15 is 0 Å². The first-order valence-corrected chi connectivity index (χ1v) is 5.15. The lowest BCUT2D eigenvalue weighted by Gasteiger charge is -2.23. The molecule has 0 saturated carbocycles. The Labute approximate surface area is 80.6 Å². The van der Waals surface area contributed by atoms with Gasteiger partial charge in [-0.05, 0) is 38.7 Å². The van der Waals surface area contributed by atoms with Gasteiger partial charge < -0.3 is 9.84 Å². The zero-order valence-electron chi connectivity index (χ0n) is 8.79. The minimum absolute atomic E-state index is 0.0865. The highest BCUT2D eigenvalue weighted by molar-refractivity contribution is 5.00. The Bertz CT molecular complexity index is 185. The molecule has 2 heteroatoms. The van der Waals surface area contributed by atoms with Crippen LogP contribution in [0.25, 0.3) is 0 Å². The zero-order chi connectivity index (χ0) is 9.84. The number of aliphatic hydroxyl groups is 1. The second-order valence-corrected chi connectivity index (χ2v) is 4.07. The summed E-state index contributed by atoms with van der Waals surface area (Å²) in [6.07, 6.45) is 5.20. The van der Waals surface area contributed by atoms with Crippen molar-refractivity contribution in [3.8, 4) is 0 Å². The van der Waals surface area contributed by atoms with Gasteiger partial charge in [0.15, 0.2) is 0 Å². The summed E-state index contributed by atoms with van der Waals surface area (Å²) in [5.41, 5.74) is 0. The first-order chi connectivity index (χ1) is 6.09. The molecule has 0 aromatic rings. The summed E-state index contributed by atoms with van der Waals surface area (Å²) in [7, 11) is 0. The smallest absolute Gasteiger partial charge is 0.121 e. The summed E-state index contributed by atoms with van der Waals surface area (Å²) in [4.78, 5) is 0. The highest BCUT2D eigenvalue weighted by atomic mass is 16.5. The van der Waals surface area contributed by atoms with Crippen LogP contribution in [0, 0.1) is 5.92 Å². The molecular weight excluding hydrogens is 164 g/mol. The van der Waals surface area contributed by atoms with Crippen LogP contribution in [0.5, 0.6) is 0 Å². The largest absolute Gasteiger partial charge is 0.493 e. The predicted molar refractivity (Wildman–Crippen MR) is 53.3 cm³/mol. The second kappa shape index (κ2) is 4.66. The molecule has 1 aliphatic rings. The Balaban J connectivity index is 2.43. The van der Waals surface area contributed by atoms with E-state index in [0.717, 1.165) is 12.2 Å². The van der Waals surface area contributed by atoms with Crippen molar-refractivity contribution >= 4 is 0 Å². The van der Waals surface area contributed by atoms with Gasteiger partial charge in [-0.15, -0.1) is 0 Å². The molecule has 1 aliphatic carbocycles.